The molecule has 180 valence electrons. The van der Waals surface area contributed by atoms with E-state index in [2.05, 4.69) is 6.92 Å². The van der Waals surface area contributed by atoms with Crippen molar-refractivity contribution in [1.82, 2.24) is 0 Å². The first-order valence-corrected chi connectivity index (χ1v) is 12.9. The van der Waals surface area contributed by atoms with Crippen molar-refractivity contribution in [2.45, 2.75) is 89.9 Å². The SMILES string of the molecule is CCCCCCCC1CCC2CC(c3cc(F)c(-c4ccc(F)c(F)c4)c(F)c3)CCC2C1. The molecule has 2 aromatic rings. The highest BCUT2D eigenvalue weighted by molar-refractivity contribution is 5.65. The summed E-state index contributed by atoms with van der Waals surface area (Å²) < 4.78 is 56.6. The standard InChI is InChI=1S/C29H36F4/c1-2-3-4-5-6-7-19-8-9-21-15-22(11-10-20(21)14-19)24-17-27(32)29(28(33)18-24)23-12-13-25(30)26(31)16-23/h12-13,16-22H,2-11,14-15H2,1H3. The summed E-state index contributed by atoms with van der Waals surface area (Å²) in [6.45, 7) is 2.25. The molecule has 2 aliphatic carbocycles. The molecule has 0 amide bonds. The molecule has 0 radical (unpaired) electrons. The number of unbranched alkanes of at least 4 members (excludes halogenated alkanes) is 4. The number of rotatable bonds is 8. The minimum absolute atomic E-state index is 0.0205. The van der Waals surface area contributed by atoms with Crippen LogP contribution in [0.5, 0.6) is 0 Å². The minimum Gasteiger partial charge on any atom is -0.206 e. The first-order valence-electron chi connectivity index (χ1n) is 12.9. The van der Waals surface area contributed by atoms with Crippen molar-refractivity contribution in [3.8, 4) is 11.1 Å². The van der Waals surface area contributed by atoms with Gasteiger partial charge >= 0.3 is 0 Å². The quantitative estimate of drug-likeness (QED) is 0.272. The third kappa shape index (κ3) is 5.81. The van der Waals surface area contributed by atoms with Crippen molar-refractivity contribution in [3.05, 3.63) is 59.2 Å². The summed E-state index contributed by atoms with van der Waals surface area (Å²) in [6, 6.07) is 5.79. The molecular formula is C29H36F4. The average molecular weight is 461 g/mol. The van der Waals surface area contributed by atoms with E-state index in [4.69, 9.17) is 0 Å². The van der Waals surface area contributed by atoms with E-state index in [0.29, 0.717) is 11.5 Å². The molecule has 2 saturated carbocycles. The van der Waals surface area contributed by atoms with Crippen LogP contribution in [0.3, 0.4) is 0 Å². The van der Waals surface area contributed by atoms with E-state index in [-0.39, 0.29) is 17.0 Å². The Balaban J connectivity index is 1.37. The van der Waals surface area contributed by atoms with Crippen LogP contribution in [-0.2, 0) is 0 Å². The third-order valence-corrected chi connectivity index (χ3v) is 8.18. The number of benzene rings is 2. The van der Waals surface area contributed by atoms with Gasteiger partial charge in [-0.25, -0.2) is 17.6 Å². The van der Waals surface area contributed by atoms with Crippen LogP contribution < -0.4 is 0 Å². The van der Waals surface area contributed by atoms with Gasteiger partial charge in [0.25, 0.3) is 0 Å². The maximum Gasteiger partial charge on any atom is 0.159 e. The van der Waals surface area contributed by atoms with Crippen LogP contribution in [0.15, 0.2) is 30.3 Å². The Labute approximate surface area is 195 Å². The molecule has 0 spiro atoms. The maximum absolute atomic E-state index is 14.9. The van der Waals surface area contributed by atoms with Crippen LogP contribution in [0.1, 0.15) is 95.5 Å². The summed E-state index contributed by atoms with van der Waals surface area (Å²) in [5.74, 6) is -1.11. The molecule has 33 heavy (non-hydrogen) atoms. The van der Waals surface area contributed by atoms with Gasteiger partial charge in [0.2, 0.25) is 0 Å². The summed E-state index contributed by atoms with van der Waals surface area (Å²) in [5.41, 5.74) is 0.436. The Bertz CT molecular complexity index is 914. The second-order valence-corrected chi connectivity index (χ2v) is 10.4. The fourth-order valence-electron chi connectivity index (χ4n) is 6.34. The fraction of sp³-hybridized carbons (Fsp3) is 0.586. The molecule has 0 aromatic heterocycles. The molecule has 0 N–H and O–H groups in total. The molecule has 2 aromatic carbocycles. The molecule has 0 aliphatic heterocycles. The zero-order valence-electron chi connectivity index (χ0n) is 19.7. The van der Waals surface area contributed by atoms with Gasteiger partial charge in [-0.3, -0.25) is 0 Å². The first-order chi connectivity index (χ1) is 16.0. The third-order valence-electron chi connectivity index (χ3n) is 8.18. The Morgan fingerprint density at radius 2 is 1.39 bits per heavy atom. The zero-order valence-corrected chi connectivity index (χ0v) is 19.7. The van der Waals surface area contributed by atoms with Crippen molar-refractivity contribution in [2.24, 2.45) is 17.8 Å². The van der Waals surface area contributed by atoms with E-state index in [9.17, 15) is 17.6 Å². The van der Waals surface area contributed by atoms with E-state index in [1.165, 1.54) is 76.0 Å². The Kier molecular flexibility index (Phi) is 8.14. The molecule has 4 unspecified atom stereocenters. The first kappa shape index (κ1) is 24.3. The molecular weight excluding hydrogens is 424 g/mol. The van der Waals surface area contributed by atoms with Crippen molar-refractivity contribution in [1.29, 1.82) is 0 Å². The van der Waals surface area contributed by atoms with Gasteiger partial charge in [0.05, 0.1) is 5.56 Å². The molecule has 0 saturated heterocycles. The number of hydrogen-bond donors (Lipinski definition) is 0. The number of hydrogen-bond acceptors (Lipinski definition) is 0. The predicted octanol–water partition coefficient (Wildman–Crippen LogP) is 9.57. The molecule has 2 aliphatic rings. The van der Waals surface area contributed by atoms with Crippen LogP contribution in [-0.4, -0.2) is 0 Å². The lowest BCUT2D eigenvalue weighted by molar-refractivity contribution is 0.113. The summed E-state index contributed by atoms with van der Waals surface area (Å²) in [5, 5.41) is 0. The van der Waals surface area contributed by atoms with Gasteiger partial charge in [-0.05, 0) is 91.2 Å². The number of halogens is 4. The van der Waals surface area contributed by atoms with Crippen LogP contribution in [0.4, 0.5) is 17.6 Å². The van der Waals surface area contributed by atoms with E-state index < -0.39 is 23.3 Å². The van der Waals surface area contributed by atoms with E-state index >= 15 is 0 Å². The predicted molar refractivity (Wildman–Crippen MR) is 126 cm³/mol. The molecule has 0 bridgehead atoms. The van der Waals surface area contributed by atoms with Gasteiger partial charge < -0.3 is 0 Å². The van der Waals surface area contributed by atoms with Crippen LogP contribution in [0.2, 0.25) is 0 Å². The van der Waals surface area contributed by atoms with Gasteiger partial charge in [-0.15, -0.1) is 0 Å². The highest BCUT2D eigenvalue weighted by Crippen LogP contribution is 2.49. The highest BCUT2D eigenvalue weighted by atomic mass is 19.2. The van der Waals surface area contributed by atoms with E-state index in [1.54, 1.807) is 0 Å². The van der Waals surface area contributed by atoms with E-state index in [0.717, 1.165) is 43.2 Å². The molecule has 4 atom stereocenters. The molecule has 0 nitrogen and oxygen atoms in total. The van der Waals surface area contributed by atoms with Crippen LogP contribution >= 0.6 is 0 Å². The van der Waals surface area contributed by atoms with Gasteiger partial charge in [-0.2, -0.15) is 0 Å². The Morgan fingerprint density at radius 3 is 2.12 bits per heavy atom. The second kappa shape index (κ2) is 11.1. The molecule has 0 heterocycles. The normalized spacial score (nSPS) is 25.1. The van der Waals surface area contributed by atoms with E-state index in [1.807, 2.05) is 0 Å². The van der Waals surface area contributed by atoms with Gasteiger partial charge in [0.15, 0.2) is 11.6 Å². The van der Waals surface area contributed by atoms with Crippen molar-refractivity contribution in [2.75, 3.05) is 0 Å². The summed E-state index contributed by atoms with van der Waals surface area (Å²) in [7, 11) is 0. The lowest BCUT2D eigenvalue weighted by Crippen LogP contribution is -2.30. The van der Waals surface area contributed by atoms with Gasteiger partial charge in [-0.1, -0.05) is 57.9 Å². The summed E-state index contributed by atoms with van der Waals surface area (Å²) >= 11 is 0. The minimum atomic E-state index is -1.11. The second-order valence-electron chi connectivity index (χ2n) is 10.4. The zero-order chi connectivity index (χ0) is 23.4. The summed E-state index contributed by atoms with van der Waals surface area (Å²) in [6.07, 6.45) is 15.0. The summed E-state index contributed by atoms with van der Waals surface area (Å²) in [4.78, 5) is 0. The topological polar surface area (TPSA) is 0 Å². The lowest BCUT2D eigenvalue weighted by Gasteiger charge is -2.42. The lowest BCUT2D eigenvalue weighted by atomic mass is 9.63. The maximum atomic E-state index is 14.9. The van der Waals surface area contributed by atoms with Crippen molar-refractivity contribution in [3.63, 3.8) is 0 Å². The number of fused-ring (bicyclic) bond motifs is 1. The molecule has 2 fully saturated rings. The van der Waals surface area contributed by atoms with Gasteiger partial charge in [0.1, 0.15) is 11.6 Å². The molecule has 4 rings (SSSR count). The van der Waals surface area contributed by atoms with Crippen molar-refractivity contribution >= 4 is 0 Å². The Hall–Kier alpha value is -1.84. The molecule has 4 heteroatoms. The fourth-order valence-corrected chi connectivity index (χ4v) is 6.34. The average Bonchev–Trinajstić information content (AvgIpc) is 2.80. The largest absolute Gasteiger partial charge is 0.206 e. The van der Waals surface area contributed by atoms with Gasteiger partial charge in [0, 0.05) is 0 Å². The van der Waals surface area contributed by atoms with Crippen molar-refractivity contribution < 1.29 is 17.6 Å². The highest BCUT2D eigenvalue weighted by Gasteiger charge is 2.36. The van der Waals surface area contributed by atoms with Crippen LogP contribution in [0.25, 0.3) is 11.1 Å². The van der Waals surface area contributed by atoms with Crippen LogP contribution in [0, 0.1) is 41.0 Å². The Morgan fingerprint density at radius 1 is 0.697 bits per heavy atom. The smallest absolute Gasteiger partial charge is 0.159 e. The monoisotopic (exact) mass is 460 g/mol.